The van der Waals surface area contributed by atoms with E-state index in [0.29, 0.717) is 52.3 Å². The summed E-state index contributed by atoms with van der Waals surface area (Å²) in [6.07, 6.45) is 10.2. The topological polar surface area (TPSA) is 126 Å². The van der Waals surface area contributed by atoms with Gasteiger partial charge in [0.05, 0.1) is 24.0 Å². The molecule has 0 radical (unpaired) electrons. The number of fused-ring (bicyclic) bond motifs is 1. The Kier molecular flexibility index (Phi) is 8.39. The largest absolute Gasteiger partial charge is 0.497 e. The molecule has 3 aromatic rings. The maximum atomic E-state index is 13.9. The van der Waals surface area contributed by atoms with Crippen LogP contribution in [0, 0.1) is 0 Å². The number of anilines is 1. The van der Waals surface area contributed by atoms with Crippen LogP contribution in [0.5, 0.6) is 5.75 Å². The van der Waals surface area contributed by atoms with Crippen molar-refractivity contribution in [3.8, 4) is 17.0 Å². The fourth-order valence-corrected chi connectivity index (χ4v) is 6.33. The summed E-state index contributed by atoms with van der Waals surface area (Å²) in [4.78, 5) is 38.2. The van der Waals surface area contributed by atoms with E-state index in [9.17, 15) is 14.7 Å². The molecule has 1 unspecified atom stereocenters. The van der Waals surface area contributed by atoms with E-state index >= 15 is 0 Å². The molecule has 10 nitrogen and oxygen atoms in total. The van der Waals surface area contributed by atoms with Crippen molar-refractivity contribution in [1.29, 1.82) is 0 Å². The molecule has 6 rings (SSSR count). The molecule has 234 valence electrons. The van der Waals surface area contributed by atoms with Crippen LogP contribution >= 0.6 is 11.6 Å². The average Bonchev–Trinajstić information content (AvgIpc) is 3.38. The molecule has 3 heterocycles. The van der Waals surface area contributed by atoms with Crippen molar-refractivity contribution in [2.45, 2.75) is 56.5 Å². The highest BCUT2D eigenvalue weighted by atomic mass is 35.5. The maximum absolute atomic E-state index is 13.9. The quantitative estimate of drug-likeness (QED) is 0.329. The van der Waals surface area contributed by atoms with E-state index < -0.39 is 23.1 Å². The molecule has 3 N–H and O–H groups in total. The number of halogens is 1. The van der Waals surface area contributed by atoms with Crippen molar-refractivity contribution in [1.82, 2.24) is 20.2 Å². The smallest absolute Gasteiger partial charge is 0.255 e. The number of aliphatic hydroxyl groups is 1. The van der Waals surface area contributed by atoms with Crippen LogP contribution in [0.2, 0.25) is 5.02 Å². The predicted octanol–water partition coefficient (Wildman–Crippen LogP) is 4.63. The SMILES string of the molecule is COc1cccc([C@@]2(NC(=O)[C@@H](C)N3Cc4ccc(-c5nc(NC6CCOCC6)ncc5Cl)cc4C3=O)C=CC=CC2(C)O)c1. The second kappa shape index (κ2) is 12.3. The van der Waals surface area contributed by atoms with Crippen molar-refractivity contribution in [2.24, 2.45) is 0 Å². The van der Waals surface area contributed by atoms with Gasteiger partial charge in [0.2, 0.25) is 11.9 Å². The Labute approximate surface area is 267 Å². The van der Waals surface area contributed by atoms with Gasteiger partial charge in [-0.1, -0.05) is 60.2 Å². The molecule has 1 aliphatic carbocycles. The van der Waals surface area contributed by atoms with E-state index in [-0.39, 0.29) is 18.5 Å². The number of carbonyl (C=O) groups is 2. The van der Waals surface area contributed by atoms with Crippen molar-refractivity contribution < 1.29 is 24.2 Å². The molecule has 3 aliphatic rings. The van der Waals surface area contributed by atoms with E-state index in [4.69, 9.17) is 21.1 Å². The van der Waals surface area contributed by atoms with Crippen LogP contribution in [-0.2, 0) is 21.6 Å². The number of rotatable bonds is 8. The minimum Gasteiger partial charge on any atom is -0.497 e. The highest BCUT2D eigenvalue weighted by Gasteiger charge is 2.49. The van der Waals surface area contributed by atoms with Gasteiger partial charge in [0.25, 0.3) is 5.91 Å². The normalized spacial score (nSPS) is 23.5. The van der Waals surface area contributed by atoms with Gasteiger partial charge in [-0.2, -0.15) is 0 Å². The van der Waals surface area contributed by atoms with E-state index in [1.807, 2.05) is 18.2 Å². The fraction of sp³-hybridized carbons (Fsp3) is 0.353. The first-order valence-corrected chi connectivity index (χ1v) is 15.4. The molecular weight excluding hydrogens is 594 g/mol. The third-order valence-corrected chi connectivity index (χ3v) is 9.16. The Morgan fingerprint density at radius 2 is 1.96 bits per heavy atom. The molecule has 3 atom stereocenters. The molecule has 1 saturated heterocycles. The van der Waals surface area contributed by atoms with Gasteiger partial charge in [0.1, 0.15) is 22.9 Å². The zero-order valence-electron chi connectivity index (χ0n) is 25.4. The summed E-state index contributed by atoms with van der Waals surface area (Å²) in [5.41, 5.74) is 0.341. The van der Waals surface area contributed by atoms with Crippen LogP contribution < -0.4 is 15.4 Å². The Hall–Kier alpha value is -4.25. The molecule has 2 aromatic carbocycles. The zero-order valence-corrected chi connectivity index (χ0v) is 26.2. The minimum absolute atomic E-state index is 0.211. The average molecular weight is 630 g/mol. The summed E-state index contributed by atoms with van der Waals surface area (Å²) in [6, 6.07) is 12.1. The summed E-state index contributed by atoms with van der Waals surface area (Å²) in [5.74, 6) is 0.361. The number of carbonyl (C=O) groups excluding carboxylic acids is 2. The van der Waals surface area contributed by atoms with Crippen molar-refractivity contribution in [3.05, 3.63) is 94.7 Å². The molecule has 11 heteroatoms. The van der Waals surface area contributed by atoms with Gasteiger partial charge in [-0.25, -0.2) is 9.97 Å². The number of ether oxygens (including phenoxy) is 2. The van der Waals surface area contributed by atoms with Crippen LogP contribution in [0.1, 0.15) is 48.2 Å². The highest BCUT2D eigenvalue weighted by Crippen LogP contribution is 2.40. The van der Waals surface area contributed by atoms with Gasteiger partial charge in [-0.15, -0.1) is 0 Å². The second-order valence-corrected chi connectivity index (χ2v) is 12.2. The number of nitrogens with zero attached hydrogens (tertiary/aromatic N) is 3. The van der Waals surface area contributed by atoms with E-state index in [0.717, 1.165) is 18.4 Å². The lowest BCUT2D eigenvalue weighted by Crippen LogP contribution is -2.62. The van der Waals surface area contributed by atoms with Crippen molar-refractivity contribution in [2.75, 3.05) is 25.6 Å². The zero-order chi connectivity index (χ0) is 31.8. The van der Waals surface area contributed by atoms with Gasteiger partial charge >= 0.3 is 0 Å². The van der Waals surface area contributed by atoms with E-state index in [1.54, 1.807) is 75.7 Å². The van der Waals surface area contributed by atoms with Gasteiger partial charge in [0, 0.05) is 36.9 Å². The monoisotopic (exact) mass is 629 g/mol. The number of benzene rings is 2. The molecule has 0 bridgehead atoms. The molecule has 1 fully saturated rings. The number of hydrogen-bond donors (Lipinski definition) is 3. The van der Waals surface area contributed by atoms with Gasteiger partial charge in [0.15, 0.2) is 0 Å². The number of allylic oxidation sites excluding steroid dienone is 2. The Morgan fingerprint density at radius 3 is 2.71 bits per heavy atom. The number of nitrogens with one attached hydrogen (secondary N) is 2. The summed E-state index contributed by atoms with van der Waals surface area (Å²) < 4.78 is 10.9. The first-order chi connectivity index (χ1) is 21.6. The molecule has 1 aromatic heterocycles. The maximum Gasteiger partial charge on any atom is 0.255 e. The Bertz CT molecular complexity index is 1690. The molecule has 2 amide bonds. The van der Waals surface area contributed by atoms with Crippen LogP contribution in [0.4, 0.5) is 5.95 Å². The summed E-state index contributed by atoms with van der Waals surface area (Å²) in [5, 5.41) is 18.4. The standard InChI is InChI=1S/C34H36ClN5O5/c1-21(30(41)39-34(14-5-4-13-33(34,2)43)24-7-6-8-26(18-24)44-3)40-20-23-10-9-22(17-27(23)31(40)42)29-28(35)19-36-32(38-29)37-25-11-15-45-16-12-25/h4-10,13-14,17-19,21,25,43H,11-12,15-16,20H2,1-3H3,(H,39,41)(H,36,37,38)/t21-,33?,34+/m1/s1. The molecule has 0 saturated carbocycles. The number of hydrogen-bond acceptors (Lipinski definition) is 8. The lowest BCUT2D eigenvalue weighted by Gasteiger charge is -2.45. The summed E-state index contributed by atoms with van der Waals surface area (Å²) in [7, 11) is 1.56. The van der Waals surface area contributed by atoms with Gasteiger partial charge < -0.3 is 30.1 Å². The lowest BCUT2D eigenvalue weighted by molar-refractivity contribution is -0.129. The lowest BCUT2D eigenvalue weighted by atomic mass is 9.72. The number of amides is 2. The fourth-order valence-electron chi connectivity index (χ4n) is 6.13. The summed E-state index contributed by atoms with van der Waals surface area (Å²) >= 11 is 6.52. The molecule has 0 spiro atoms. The predicted molar refractivity (Wildman–Crippen MR) is 171 cm³/mol. The Morgan fingerprint density at radius 1 is 1.18 bits per heavy atom. The molecule has 2 aliphatic heterocycles. The second-order valence-electron chi connectivity index (χ2n) is 11.8. The third kappa shape index (κ3) is 5.81. The van der Waals surface area contributed by atoms with Crippen molar-refractivity contribution >= 4 is 29.4 Å². The van der Waals surface area contributed by atoms with Crippen molar-refractivity contribution in [3.63, 3.8) is 0 Å². The minimum atomic E-state index is -1.47. The van der Waals surface area contributed by atoms with Crippen LogP contribution in [0.25, 0.3) is 11.3 Å². The van der Waals surface area contributed by atoms with E-state index in [2.05, 4.69) is 20.6 Å². The van der Waals surface area contributed by atoms with Crippen LogP contribution in [-0.4, -0.2) is 69.8 Å². The van der Waals surface area contributed by atoms with E-state index in [1.165, 1.54) is 4.90 Å². The first-order valence-electron chi connectivity index (χ1n) is 15.0. The van der Waals surface area contributed by atoms with Gasteiger partial charge in [-0.3, -0.25) is 9.59 Å². The number of methoxy groups -OCH3 is 1. The Balaban J connectivity index is 1.23. The van der Waals surface area contributed by atoms with Gasteiger partial charge in [-0.05, 0) is 56.0 Å². The molecule has 45 heavy (non-hydrogen) atoms. The van der Waals surface area contributed by atoms with Crippen LogP contribution in [0.15, 0.2) is 73.0 Å². The third-order valence-electron chi connectivity index (χ3n) is 8.88. The van der Waals surface area contributed by atoms with Crippen LogP contribution in [0.3, 0.4) is 0 Å². The number of aromatic nitrogens is 2. The molecular formula is C34H36ClN5O5. The first kappa shape index (κ1) is 30.8. The highest BCUT2D eigenvalue weighted by molar-refractivity contribution is 6.33. The summed E-state index contributed by atoms with van der Waals surface area (Å²) in [6.45, 7) is 4.96.